The first-order valence-electron chi connectivity index (χ1n) is 10.6. The second-order valence-corrected chi connectivity index (χ2v) is 7.67. The summed E-state index contributed by atoms with van der Waals surface area (Å²) in [5, 5.41) is 2.93. The fourth-order valence-electron chi connectivity index (χ4n) is 3.63. The number of ether oxygens (including phenoxy) is 2. The van der Waals surface area contributed by atoms with Crippen LogP contribution in [0.4, 0.5) is 0 Å². The summed E-state index contributed by atoms with van der Waals surface area (Å²) in [5.41, 5.74) is 4.22. The zero-order chi connectivity index (χ0) is 21.6. The zero-order valence-corrected chi connectivity index (χ0v) is 17.9. The number of nitrogens with one attached hydrogen (secondary N) is 1. The molecule has 3 aromatic rings. The summed E-state index contributed by atoms with van der Waals surface area (Å²) < 4.78 is 13.6. The van der Waals surface area contributed by atoms with Crippen LogP contribution in [-0.4, -0.2) is 28.2 Å². The van der Waals surface area contributed by atoms with Crippen molar-refractivity contribution < 1.29 is 14.3 Å². The molecular weight excluding hydrogens is 390 g/mol. The van der Waals surface area contributed by atoms with Crippen LogP contribution in [0.5, 0.6) is 11.5 Å². The first-order valence-corrected chi connectivity index (χ1v) is 10.6. The van der Waals surface area contributed by atoms with Crippen LogP contribution in [0.1, 0.15) is 36.1 Å². The van der Waals surface area contributed by atoms with Crippen LogP contribution in [0, 0.1) is 0 Å². The van der Waals surface area contributed by atoms with Crippen LogP contribution in [-0.2, 0) is 24.3 Å². The van der Waals surface area contributed by atoms with E-state index < -0.39 is 0 Å². The van der Waals surface area contributed by atoms with Crippen molar-refractivity contribution in [3.8, 4) is 11.5 Å². The van der Waals surface area contributed by atoms with Crippen molar-refractivity contribution >= 4 is 12.0 Å². The van der Waals surface area contributed by atoms with Crippen molar-refractivity contribution in [3.63, 3.8) is 0 Å². The molecule has 1 aliphatic heterocycles. The van der Waals surface area contributed by atoms with Gasteiger partial charge in [0.2, 0.25) is 5.91 Å². The molecule has 0 saturated carbocycles. The van der Waals surface area contributed by atoms with E-state index >= 15 is 0 Å². The lowest BCUT2D eigenvalue weighted by Gasteiger charge is -2.10. The van der Waals surface area contributed by atoms with Gasteiger partial charge in [-0.15, -0.1) is 0 Å². The van der Waals surface area contributed by atoms with E-state index in [0.717, 1.165) is 41.2 Å². The normalized spacial score (nSPS) is 15.0. The van der Waals surface area contributed by atoms with Crippen LogP contribution >= 0.6 is 0 Å². The van der Waals surface area contributed by atoms with E-state index in [4.69, 9.17) is 9.47 Å². The summed E-state index contributed by atoms with van der Waals surface area (Å²) in [6.45, 7) is 5.82. The number of hydrogen-bond acceptors (Lipinski definition) is 4. The van der Waals surface area contributed by atoms with Crippen molar-refractivity contribution in [2.45, 2.75) is 39.5 Å². The van der Waals surface area contributed by atoms with Crippen LogP contribution in [0.3, 0.4) is 0 Å². The van der Waals surface area contributed by atoms with Gasteiger partial charge < -0.3 is 19.4 Å². The fourth-order valence-corrected chi connectivity index (χ4v) is 3.63. The molecule has 2 aromatic carbocycles. The number of carbonyl (C=O) groups excluding carboxylic acids is 1. The molecule has 1 N–H and O–H groups in total. The number of benzene rings is 2. The Labute approximate surface area is 182 Å². The number of fused-ring (bicyclic) bond motifs is 1. The highest BCUT2D eigenvalue weighted by molar-refractivity contribution is 5.92. The van der Waals surface area contributed by atoms with E-state index in [1.807, 2.05) is 48.9 Å². The molecule has 0 fully saturated rings. The summed E-state index contributed by atoms with van der Waals surface area (Å²) in [6.07, 6.45) is 9.86. The molecule has 0 radical (unpaired) electrons. The molecule has 4 rings (SSSR count). The summed E-state index contributed by atoms with van der Waals surface area (Å²) in [4.78, 5) is 16.4. The molecule has 2 heterocycles. The molecule has 6 heteroatoms. The molecule has 1 atom stereocenters. The third kappa shape index (κ3) is 5.34. The molecule has 0 spiro atoms. The Hall–Kier alpha value is -3.54. The molecule has 160 valence electrons. The van der Waals surface area contributed by atoms with Gasteiger partial charge in [0.25, 0.3) is 0 Å². The van der Waals surface area contributed by atoms with Gasteiger partial charge in [-0.1, -0.05) is 24.3 Å². The Morgan fingerprint density at radius 1 is 1.29 bits per heavy atom. The minimum atomic E-state index is -0.153. The minimum Gasteiger partial charge on any atom is -0.493 e. The largest absolute Gasteiger partial charge is 0.493 e. The van der Waals surface area contributed by atoms with Crippen LogP contribution < -0.4 is 14.8 Å². The Morgan fingerprint density at radius 2 is 2.10 bits per heavy atom. The summed E-state index contributed by atoms with van der Waals surface area (Å²) in [5.74, 6) is 1.49. The van der Waals surface area contributed by atoms with E-state index in [1.165, 1.54) is 11.6 Å². The molecule has 31 heavy (non-hydrogen) atoms. The number of aromatic nitrogens is 2. The van der Waals surface area contributed by atoms with Gasteiger partial charge >= 0.3 is 0 Å². The van der Waals surface area contributed by atoms with Gasteiger partial charge in [0.05, 0.1) is 12.9 Å². The first-order chi connectivity index (χ1) is 15.1. The number of amides is 1. The van der Waals surface area contributed by atoms with E-state index in [-0.39, 0.29) is 12.0 Å². The van der Waals surface area contributed by atoms with E-state index in [2.05, 4.69) is 22.4 Å². The second-order valence-electron chi connectivity index (χ2n) is 7.67. The van der Waals surface area contributed by atoms with Crippen LogP contribution in [0.25, 0.3) is 6.08 Å². The topological polar surface area (TPSA) is 65.4 Å². The molecule has 0 saturated heterocycles. The Morgan fingerprint density at radius 3 is 2.84 bits per heavy atom. The fraction of sp³-hybridized carbons (Fsp3) is 0.280. The van der Waals surface area contributed by atoms with Crippen molar-refractivity contribution in [2.75, 3.05) is 6.61 Å². The highest BCUT2D eigenvalue weighted by Crippen LogP contribution is 2.35. The lowest BCUT2D eigenvalue weighted by molar-refractivity contribution is -0.116. The smallest absolute Gasteiger partial charge is 0.244 e. The number of hydrogen-bond donors (Lipinski definition) is 1. The monoisotopic (exact) mass is 417 g/mol. The predicted octanol–water partition coefficient (Wildman–Crippen LogP) is 3.98. The maximum Gasteiger partial charge on any atom is 0.244 e. The SMILES string of the molecule is CCOc1cc2c(cc1/C=C/C(=O)NCc1ccc(Cn3ccnc3)cc1)OC(C)C2. The standard InChI is InChI=1S/C25H27N3O3/c1-3-30-23-14-22-12-18(2)31-24(22)13-21(23)8-9-25(29)27-15-19-4-6-20(7-5-19)16-28-11-10-26-17-28/h4-11,13-14,17-18H,3,12,15-16H2,1-2H3,(H,27,29)/b9-8+. The van der Waals surface area contributed by atoms with Gasteiger partial charge in [0.1, 0.15) is 17.6 Å². The van der Waals surface area contributed by atoms with Gasteiger partial charge in [-0.05, 0) is 43.2 Å². The van der Waals surface area contributed by atoms with Crippen molar-refractivity contribution in [1.82, 2.24) is 14.9 Å². The maximum absolute atomic E-state index is 12.3. The van der Waals surface area contributed by atoms with Gasteiger partial charge in [-0.25, -0.2) is 4.98 Å². The number of rotatable bonds is 8. The zero-order valence-electron chi connectivity index (χ0n) is 17.9. The molecule has 1 aliphatic rings. The molecular formula is C25H27N3O3. The van der Waals surface area contributed by atoms with Gasteiger partial charge in [-0.2, -0.15) is 0 Å². The average molecular weight is 418 g/mol. The van der Waals surface area contributed by atoms with Crippen molar-refractivity contribution in [3.05, 3.63) is 83.4 Å². The number of carbonyl (C=O) groups is 1. The first kappa shape index (κ1) is 20.7. The van der Waals surface area contributed by atoms with Gasteiger partial charge in [-0.3, -0.25) is 4.79 Å². The van der Waals surface area contributed by atoms with Crippen molar-refractivity contribution in [1.29, 1.82) is 0 Å². The average Bonchev–Trinajstić information content (AvgIpc) is 3.40. The van der Waals surface area contributed by atoms with E-state index in [1.54, 1.807) is 18.6 Å². The molecule has 1 aromatic heterocycles. The molecule has 1 amide bonds. The summed E-state index contributed by atoms with van der Waals surface area (Å²) in [6, 6.07) is 12.2. The molecule has 0 bridgehead atoms. The Kier molecular flexibility index (Phi) is 6.36. The lowest BCUT2D eigenvalue weighted by Crippen LogP contribution is -2.20. The predicted molar refractivity (Wildman–Crippen MR) is 120 cm³/mol. The van der Waals surface area contributed by atoms with E-state index in [0.29, 0.717) is 13.2 Å². The van der Waals surface area contributed by atoms with Crippen molar-refractivity contribution in [2.24, 2.45) is 0 Å². The molecule has 6 nitrogen and oxygen atoms in total. The number of nitrogens with zero attached hydrogens (tertiary/aromatic N) is 2. The van der Waals surface area contributed by atoms with Crippen LogP contribution in [0.15, 0.2) is 61.2 Å². The summed E-state index contributed by atoms with van der Waals surface area (Å²) >= 11 is 0. The van der Waals surface area contributed by atoms with Gasteiger partial charge in [0.15, 0.2) is 0 Å². The highest BCUT2D eigenvalue weighted by Gasteiger charge is 2.21. The van der Waals surface area contributed by atoms with E-state index in [9.17, 15) is 4.79 Å². The number of imidazole rings is 1. The van der Waals surface area contributed by atoms with Gasteiger partial charge in [0, 0.05) is 49.1 Å². The quantitative estimate of drug-likeness (QED) is 0.563. The minimum absolute atomic E-state index is 0.153. The van der Waals surface area contributed by atoms with Crippen LogP contribution in [0.2, 0.25) is 0 Å². The third-order valence-corrected chi connectivity index (χ3v) is 5.16. The Bertz CT molecular complexity index is 1060. The highest BCUT2D eigenvalue weighted by atomic mass is 16.5. The summed E-state index contributed by atoms with van der Waals surface area (Å²) in [7, 11) is 0. The third-order valence-electron chi connectivity index (χ3n) is 5.16. The lowest BCUT2D eigenvalue weighted by atomic mass is 10.1. The molecule has 0 aliphatic carbocycles. The molecule has 1 unspecified atom stereocenters. The Balaban J connectivity index is 1.35. The maximum atomic E-state index is 12.3. The second kappa shape index (κ2) is 9.51.